The molecule has 0 aromatic carbocycles. The number of rotatable bonds is 5. The van der Waals surface area contributed by atoms with Crippen molar-refractivity contribution in [1.82, 2.24) is 10.2 Å². The lowest BCUT2D eigenvalue weighted by Gasteiger charge is -2.27. The normalized spacial score (nSPS) is 28.7. The van der Waals surface area contributed by atoms with Crippen molar-refractivity contribution in [2.75, 3.05) is 32.8 Å². The van der Waals surface area contributed by atoms with Gasteiger partial charge in [-0.3, -0.25) is 4.90 Å². The maximum absolute atomic E-state index is 5.36. The van der Waals surface area contributed by atoms with Gasteiger partial charge in [-0.05, 0) is 38.6 Å². The van der Waals surface area contributed by atoms with Crippen LogP contribution in [0, 0.1) is 0 Å². The van der Waals surface area contributed by atoms with Gasteiger partial charge in [0.15, 0.2) is 0 Å². The lowest BCUT2D eigenvalue weighted by Crippen LogP contribution is -2.41. The van der Waals surface area contributed by atoms with Crippen LogP contribution in [0.25, 0.3) is 0 Å². The van der Waals surface area contributed by atoms with Crippen LogP contribution in [-0.4, -0.2) is 49.8 Å². The zero-order valence-corrected chi connectivity index (χ0v) is 10.6. The van der Waals surface area contributed by atoms with Crippen LogP contribution in [0.3, 0.4) is 0 Å². The molecule has 0 bridgehead atoms. The van der Waals surface area contributed by atoms with Gasteiger partial charge in [0.1, 0.15) is 0 Å². The summed E-state index contributed by atoms with van der Waals surface area (Å²) in [5, 5.41) is 3.67. The van der Waals surface area contributed by atoms with Crippen molar-refractivity contribution in [3.05, 3.63) is 0 Å². The minimum Gasteiger partial charge on any atom is -0.381 e. The van der Waals surface area contributed by atoms with Crippen LogP contribution < -0.4 is 5.32 Å². The van der Waals surface area contributed by atoms with E-state index >= 15 is 0 Å². The van der Waals surface area contributed by atoms with Crippen LogP contribution in [-0.2, 0) is 4.74 Å². The highest BCUT2D eigenvalue weighted by Gasteiger charge is 2.22. The maximum atomic E-state index is 5.36. The zero-order valence-electron chi connectivity index (χ0n) is 10.6. The fraction of sp³-hybridized carbons (Fsp3) is 1.00. The van der Waals surface area contributed by atoms with Crippen molar-refractivity contribution in [3.63, 3.8) is 0 Å². The Kier molecular flexibility index (Phi) is 5.07. The van der Waals surface area contributed by atoms with Crippen molar-refractivity contribution in [2.24, 2.45) is 0 Å². The van der Waals surface area contributed by atoms with Gasteiger partial charge < -0.3 is 10.1 Å². The Hall–Kier alpha value is -0.120. The van der Waals surface area contributed by atoms with Crippen molar-refractivity contribution >= 4 is 0 Å². The van der Waals surface area contributed by atoms with Crippen LogP contribution in [0.1, 0.15) is 39.0 Å². The minimum absolute atomic E-state index is 0.705. The molecule has 3 nitrogen and oxygen atoms in total. The molecule has 1 unspecified atom stereocenters. The second-order valence-corrected chi connectivity index (χ2v) is 5.08. The zero-order chi connectivity index (χ0) is 11.2. The predicted molar refractivity (Wildman–Crippen MR) is 66.7 cm³/mol. The quantitative estimate of drug-likeness (QED) is 0.771. The number of nitrogens with zero attached hydrogens (tertiary/aromatic N) is 1. The Bertz CT molecular complexity index is 192. The van der Waals surface area contributed by atoms with Crippen molar-refractivity contribution in [3.8, 4) is 0 Å². The lowest BCUT2D eigenvalue weighted by molar-refractivity contribution is 0.0770. The van der Waals surface area contributed by atoms with E-state index in [0.717, 1.165) is 25.8 Å². The summed E-state index contributed by atoms with van der Waals surface area (Å²) in [7, 11) is 0. The summed E-state index contributed by atoms with van der Waals surface area (Å²) in [4.78, 5) is 2.66. The second kappa shape index (κ2) is 6.58. The van der Waals surface area contributed by atoms with Gasteiger partial charge in [-0.1, -0.05) is 6.92 Å². The van der Waals surface area contributed by atoms with E-state index in [4.69, 9.17) is 4.74 Å². The summed E-state index contributed by atoms with van der Waals surface area (Å²) < 4.78 is 5.36. The monoisotopic (exact) mass is 226 g/mol. The summed E-state index contributed by atoms with van der Waals surface area (Å²) in [5.74, 6) is 0. The van der Waals surface area contributed by atoms with E-state index in [1.807, 2.05) is 0 Å². The highest BCUT2D eigenvalue weighted by atomic mass is 16.5. The number of ether oxygens (including phenoxy) is 1. The summed E-state index contributed by atoms with van der Waals surface area (Å²) in [5.41, 5.74) is 0. The van der Waals surface area contributed by atoms with E-state index in [1.165, 1.54) is 45.2 Å². The first-order chi connectivity index (χ1) is 7.90. The minimum atomic E-state index is 0.705. The third kappa shape index (κ3) is 3.44. The summed E-state index contributed by atoms with van der Waals surface area (Å²) >= 11 is 0. The van der Waals surface area contributed by atoms with Crippen LogP contribution in [0.15, 0.2) is 0 Å². The average Bonchev–Trinajstić information content (AvgIpc) is 2.78. The molecular formula is C13H26N2O. The highest BCUT2D eigenvalue weighted by molar-refractivity contribution is 4.79. The van der Waals surface area contributed by atoms with E-state index < -0.39 is 0 Å². The summed E-state index contributed by atoms with van der Waals surface area (Å²) in [6.45, 7) is 7.90. The first kappa shape index (κ1) is 12.3. The van der Waals surface area contributed by atoms with Crippen LogP contribution in [0.2, 0.25) is 0 Å². The fourth-order valence-corrected chi connectivity index (χ4v) is 2.97. The van der Waals surface area contributed by atoms with Gasteiger partial charge in [-0.2, -0.15) is 0 Å². The molecule has 0 aromatic rings. The summed E-state index contributed by atoms with van der Waals surface area (Å²) in [6, 6.07) is 1.56. The molecule has 2 fully saturated rings. The van der Waals surface area contributed by atoms with Gasteiger partial charge in [-0.15, -0.1) is 0 Å². The molecule has 0 aliphatic carbocycles. The van der Waals surface area contributed by atoms with Gasteiger partial charge in [-0.25, -0.2) is 0 Å². The predicted octanol–water partition coefficient (Wildman–Crippen LogP) is 1.63. The van der Waals surface area contributed by atoms with Crippen molar-refractivity contribution in [2.45, 2.75) is 51.1 Å². The Morgan fingerprint density at radius 2 is 2.06 bits per heavy atom. The molecule has 94 valence electrons. The molecule has 3 heteroatoms. The molecule has 2 aliphatic rings. The Balaban J connectivity index is 1.59. The Morgan fingerprint density at radius 1 is 1.25 bits per heavy atom. The fourth-order valence-electron chi connectivity index (χ4n) is 2.97. The molecular weight excluding hydrogens is 200 g/mol. The SMILES string of the molecule is CCC1CCCN1CCNC1CCOCC1. The molecule has 0 amide bonds. The van der Waals surface area contributed by atoms with Gasteiger partial charge in [0.05, 0.1) is 0 Å². The highest BCUT2D eigenvalue weighted by Crippen LogP contribution is 2.18. The molecule has 0 aromatic heterocycles. The third-order valence-corrected chi connectivity index (χ3v) is 4.02. The molecule has 0 spiro atoms. The van der Waals surface area contributed by atoms with E-state index in [1.54, 1.807) is 0 Å². The van der Waals surface area contributed by atoms with Gasteiger partial charge in [0.25, 0.3) is 0 Å². The number of likely N-dealkylation sites (tertiary alicyclic amines) is 1. The Labute approximate surface area is 99.5 Å². The molecule has 1 atom stereocenters. The third-order valence-electron chi connectivity index (χ3n) is 4.02. The van der Waals surface area contributed by atoms with Crippen LogP contribution >= 0.6 is 0 Å². The first-order valence-corrected chi connectivity index (χ1v) is 6.95. The smallest absolute Gasteiger partial charge is 0.0480 e. The van der Waals surface area contributed by atoms with Gasteiger partial charge in [0.2, 0.25) is 0 Å². The molecule has 2 aliphatic heterocycles. The lowest BCUT2D eigenvalue weighted by atomic mass is 10.1. The standard InChI is InChI=1S/C13H26N2O/c1-2-13-4-3-8-15(13)9-7-14-12-5-10-16-11-6-12/h12-14H,2-11H2,1H3. The molecule has 2 saturated heterocycles. The van der Waals surface area contributed by atoms with E-state index in [0.29, 0.717) is 6.04 Å². The van der Waals surface area contributed by atoms with Crippen molar-refractivity contribution in [1.29, 1.82) is 0 Å². The molecule has 1 N–H and O–H groups in total. The Morgan fingerprint density at radius 3 is 2.81 bits per heavy atom. The van der Waals surface area contributed by atoms with Gasteiger partial charge in [0, 0.05) is 38.4 Å². The second-order valence-electron chi connectivity index (χ2n) is 5.08. The largest absolute Gasteiger partial charge is 0.381 e. The maximum Gasteiger partial charge on any atom is 0.0480 e. The topological polar surface area (TPSA) is 24.5 Å². The van der Waals surface area contributed by atoms with E-state index in [2.05, 4.69) is 17.1 Å². The molecule has 0 saturated carbocycles. The molecule has 16 heavy (non-hydrogen) atoms. The molecule has 0 radical (unpaired) electrons. The van der Waals surface area contributed by atoms with Crippen molar-refractivity contribution < 1.29 is 4.74 Å². The summed E-state index contributed by atoms with van der Waals surface area (Å²) in [6.07, 6.45) is 6.51. The first-order valence-electron chi connectivity index (χ1n) is 6.95. The number of hydrogen-bond acceptors (Lipinski definition) is 3. The molecule has 2 heterocycles. The van der Waals surface area contributed by atoms with E-state index in [9.17, 15) is 0 Å². The van der Waals surface area contributed by atoms with Gasteiger partial charge >= 0.3 is 0 Å². The molecule has 2 rings (SSSR count). The van der Waals surface area contributed by atoms with E-state index in [-0.39, 0.29) is 0 Å². The van der Waals surface area contributed by atoms with Crippen LogP contribution in [0.4, 0.5) is 0 Å². The number of hydrogen-bond donors (Lipinski definition) is 1. The number of nitrogens with one attached hydrogen (secondary N) is 1. The van der Waals surface area contributed by atoms with Crippen LogP contribution in [0.5, 0.6) is 0 Å². The average molecular weight is 226 g/mol.